The summed E-state index contributed by atoms with van der Waals surface area (Å²) in [6.45, 7) is 0.966. The number of ketones is 1. The van der Waals surface area contributed by atoms with Crippen LogP contribution in [0.4, 0.5) is 0 Å². The number of rotatable bonds is 8. The number of aliphatic hydroxyl groups excluding tert-OH is 1. The summed E-state index contributed by atoms with van der Waals surface area (Å²) in [7, 11) is 3.06. The van der Waals surface area contributed by atoms with Crippen LogP contribution in [0.1, 0.15) is 23.6 Å². The van der Waals surface area contributed by atoms with Crippen LogP contribution in [0.2, 0.25) is 0 Å². The second-order valence-electron chi connectivity index (χ2n) is 7.63. The predicted octanol–water partition coefficient (Wildman–Crippen LogP) is 3.41. The number of carbonyl (C=O) groups is 2. The van der Waals surface area contributed by atoms with E-state index in [0.717, 1.165) is 0 Å². The molecule has 0 aliphatic carbocycles. The van der Waals surface area contributed by atoms with Gasteiger partial charge in [-0.3, -0.25) is 9.59 Å². The van der Waals surface area contributed by atoms with Gasteiger partial charge in [0.2, 0.25) is 0 Å². The molecule has 1 aliphatic rings. The van der Waals surface area contributed by atoms with E-state index in [-0.39, 0.29) is 11.3 Å². The number of aryl methyl sites for hydroxylation is 1. The minimum absolute atomic E-state index is 0.0565. The van der Waals surface area contributed by atoms with E-state index in [1.165, 1.54) is 19.1 Å². The van der Waals surface area contributed by atoms with E-state index in [1.54, 1.807) is 55.0 Å². The van der Waals surface area contributed by atoms with Gasteiger partial charge in [0.1, 0.15) is 5.76 Å². The number of nitrogens with zero attached hydrogens (tertiary/aromatic N) is 3. The van der Waals surface area contributed by atoms with E-state index in [0.29, 0.717) is 42.1 Å². The van der Waals surface area contributed by atoms with Crippen LogP contribution in [0.25, 0.3) is 5.76 Å². The van der Waals surface area contributed by atoms with Crippen LogP contribution >= 0.6 is 0 Å². The predicted molar refractivity (Wildman–Crippen MR) is 122 cm³/mol. The van der Waals surface area contributed by atoms with Gasteiger partial charge in [0.05, 0.1) is 32.2 Å². The lowest BCUT2D eigenvalue weighted by Crippen LogP contribution is -2.31. The molecule has 0 bridgehead atoms. The third kappa shape index (κ3) is 4.32. The first-order valence-corrected chi connectivity index (χ1v) is 10.6. The lowest BCUT2D eigenvalue weighted by molar-refractivity contribution is -0.139. The molecule has 2 aromatic carbocycles. The fourth-order valence-electron chi connectivity index (χ4n) is 4.07. The van der Waals surface area contributed by atoms with Gasteiger partial charge in [-0.05, 0) is 24.1 Å². The molecule has 33 heavy (non-hydrogen) atoms. The Bertz CT molecular complexity index is 1170. The molecular formula is C25H25N3O5. The van der Waals surface area contributed by atoms with Crippen LogP contribution in [0, 0.1) is 0 Å². The zero-order valence-corrected chi connectivity index (χ0v) is 18.5. The van der Waals surface area contributed by atoms with Crippen molar-refractivity contribution in [2.45, 2.75) is 19.0 Å². The Kier molecular flexibility index (Phi) is 6.44. The number of hydrogen-bond donors (Lipinski definition) is 1. The van der Waals surface area contributed by atoms with Crippen LogP contribution in [0.15, 0.2) is 72.8 Å². The summed E-state index contributed by atoms with van der Waals surface area (Å²) >= 11 is 0. The van der Waals surface area contributed by atoms with E-state index in [2.05, 4.69) is 4.98 Å². The van der Waals surface area contributed by atoms with Gasteiger partial charge < -0.3 is 24.0 Å². The number of amides is 1. The van der Waals surface area contributed by atoms with E-state index in [1.807, 2.05) is 16.8 Å². The topological polar surface area (TPSA) is 93.9 Å². The van der Waals surface area contributed by atoms with Crippen molar-refractivity contribution in [3.63, 3.8) is 0 Å². The monoisotopic (exact) mass is 447 g/mol. The first-order valence-electron chi connectivity index (χ1n) is 10.6. The standard InChI is InChI=1S/C25H25N3O5/c1-32-19-10-9-18(15-20(19)33-2)22-21(23(29)17-7-4-3-5-8-17)24(30)25(31)28(22)13-6-12-27-14-11-26-16-27/h3-5,7-11,14-16,22,29H,6,12-13H2,1-2H3/b23-21+/t22-/m1/s1. The minimum Gasteiger partial charge on any atom is -0.507 e. The number of Topliss-reactive ketones (excluding diaryl/α,β-unsaturated/α-hetero) is 1. The summed E-state index contributed by atoms with van der Waals surface area (Å²) in [5.41, 5.74) is 1.17. The summed E-state index contributed by atoms with van der Waals surface area (Å²) in [5.74, 6) is -0.553. The Morgan fingerprint density at radius 3 is 2.45 bits per heavy atom. The maximum atomic E-state index is 13.1. The smallest absolute Gasteiger partial charge is 0.295 e. The average Bonchev–Trinajstić information content (AvgIpc) is 3.46. The Labute approximate surface area is 191 Å². The normalized spacial score (nSPS) is 17.4. The molecule has 8 heteroatoms. The Hall–Kier alpha value is -4.07. The molecule has 170 valence electrons. The number of benzene rings is 2. The Morgan fingerprint density at radius 1 is 1.03 bits per heavy atom. The van der Waals surface area contributed by atoms with Gasteiger partial charge in [0.15, 0.2) is 11.5 Å². The molecule has 0 unspecified atom stereocenters. The second-order valence-corrected chi connectivity index (χ2v) is 7.63. The molecule has 1 aromatic heterocycles. The molecule has 1 fully saturated rings. The van der Waals surface area contributed by atoms with Crippen molar-refractivity contribution in [2.75, 3.05) is 20.8 Å². The lowest BCUT2D eigenvalue weighted by Gasteiger charge is -2.26. The molecule has 1 N–H and O–H groups in total. The van der Waals surface area contributed by atoms with Gasteiger partial charge in [-0.1, -0.05) is 36.4 Å². The molecule has 1 amide bonds. The summed E-state index contributed by atoms with van der Waals surface area (Å²) in [5, 5.41) is 11.1. The zero-order chi connectivity index (χ0) is 23.4. The molecule has 0 saturated carbocycles. The van der Waals surface area contributed by atoms with E-state index >= 15 is 0 Å². The average molecular weight is 447 g/mol. The summed E-state index contributed by atoms with van der Waals surface area (Å²) in [4.78, 5) is 31.7. The third-order valence-corrected chi connectivity index (χ3v) is 5.69. The number of hydrogen-bond acceptors (Lipinski definition) is 6. The number of imidazole rings is 1. The van der Waals surface area contributed by atoms with Crippen molar-refractivity contribution >= 4 is 17.4 Å². The van der Waals surface area contributed by atoms with Crippen molar-refractivity contribution in [1.29, 1.82) is 0 Å². The summed E-state index contributed by atoms with van der Waals surface area (Å²) < 4.78 is 12.7. The van der Waals surface area contributed by atoms with Crippen molar-refractivity contribution < 1.29 is 24.2 Å². The molecule has 4 rings (SSSR count). The zero-order valence-electron chi connectivity index (χ0n) is 18.5. The lowest BCUT2D eigenvalue weighted by atomic mass is 9.95. The first kappa shape index (κ1) is 22.1. The number of aliphatic hydroxyl groups is 1. The van der Waals surface area contributed by atoms with Crippen LogP contribution < -0.4 is 9.47 Å². The number of likely N-dealkylation sites (tertiary alicyclic amines) is 1. The second kappa shape index (κ2) is 9.60. The Balaban J connectivity index is 1.76. The van der Waals surface area contributed by atoms with Crippen LogP contribution in [-0.2, 0) is 16.1 Å². The maximum Gasteiger partial charge on any atom is 0.295 e. The maximum absolute atomic E-state index is 13.1. The van der Waals surface area contributed by atoms with Crippen molar-refractivity contribution in [3.8, 4) is 11.5 Å². The van der Waals surface area contributed by atoms with Gasteiger partial charge in [-0.15, -0.1) is 0 Å². The van der Waals surface area contributed by atoms with Crippen LogP contribution in [0.3, 0.4) is 0 Å². The fourth-order valence-corrected chi connectivity index (χ4v) is 4.07. The fraction of sp³-hybridized carbons (Fsp3) is 0.240. The highest BCUT2D eigenvalue weighted by molar-refractivity contribution is 6.46. The number of aromatic nitrogens is 2. The minimum atomic E-state index is -0.757. The number of methoxy groups -OCH3 is 2. The highest BCUT2D eigenvalue weighted by Crippen LogP contribution is 2.42. The highest BCUT2D eigenvalue weighted by atomic mass is 16.5. The molecule has 0 spiro atoms. The number of ether oxygens (including phenoxy) is 2. The third-order valence-electron chi connectivity index (χ3n) is 5.69. The van der Waals surface area contributed by atoms with Crippen molar-refractivity contribution in [2.24, 2.45) is 0 Å². The van der Waals surface area contributed by atoms with Gasteiger partial charge in [-0.25, -0.2) is 4.98 Å². The molecule has 2 heterocycles. The van der Waals surface area contributed by atoms with Gasteiger partial charge in [-0.2, -0.15) is 0 Å². The van der Waals surface area contributed by atoms with E-state index < -0.39 is 17.7 Å². The van der Waals surface area contributed by atoms with Gasteiger partial charge in [0.25, 0.3) is 11.7 Å². The molecule has 3 aromatic rings. The van der Waals surface area contributed by atoms with Crippen LogP contribution in [-0.4, -0.2) is 52.0 Å². The molecule has 1 atom stereocenters. The van der Waals surface area contributed by atoms with Crippen molar-refractivity contribution in [3.05, 3.63) is 84.0 Å². The highest BCUT2D eigenvalue weighted by Gasteiger charge is 2.46. The van der Waals surface area contributed by atoms with E-state index in [4.69, 9.17) is 9.47 Å². The quantitative estimate of drug-likeness (QED) is 0.323. The molecule has 1 aliphatic heterocycles. The van der Waals surface area contributed by atoms with E-state index in [9.17, 15) is 14.7 Å². The Morgan fingerprint density at radius 2 is 1.79 bits per heavy atom. The van der Waals surface area contributed by atoms with Gasteiger partial charge in [0, 0.05) is 31.0 Å². The SMILES string of the molecule is COc1ccc([C@@H]2/C(=C(\O)c3ccccc3)C(=O)C(=O)N2CCCn2ccnc2)cc1OC. The largest absolute Gasteiger partial charge is 0.507 e. The first-order chi connectivity index (χ1) is 16.0. The molecule has 0 radical (unpaired) electrons. The number of carbonyl (C=O) groups excluding carboxylic acids is 2. The summed E-state index contributed by atoms with van der Waals surface area (Å²) in [6.07, 6.45) is 5.85. The molecule has 8 nitrogen and oxygen atoms in total. The van der Waals surface area contributed by atoms with Gasteiger partial charge >= 0.3 is 0 Å². The van der Waals surface area contributed by atoms with Crippen LogP contribution in [0.5, 0.6) is 11.5 Å². The summed E-state index contributed by atoms with van der Waals surface area (Å²) in [6, 6.07) is 13.2. The molecular weight excluding hydrogens is 422 g/mol. The van der Waals surface area contributed by atoms with Crippen molar-refractivity contribution in [1.82, 2.24) is 14.5 Å². The molecule has 1 saturated heterocycles.